The van der Waals surface area contributed by atoms with Gasteiger partial charge in [0.2, 0.25) is 0 Å². The Hall–Kier alpha value is -3.21. The first-order chi connectivity index (χ1) is 12.2. The van der Waals surface area contributed by atoms with Gasteiger partial charge >= 0.3 is 0 Å². The number of nitrogens with zero attached hydrogens (tertiary/aromatic N) is 4. The summed E-state index contributed by atoms with van der Waals surface area (Å²) >= 11 is 0. The third kappa shape index (κ3) is 4.64. The third-order valence-electron chi connectivity index (χ3n) is 3.83. The van der Waals surface area contributed by atoms with Crippen LogP contribution >= 0.6 is 0 Å². The largest absolute Gasteiger partial charge is 0.297 e. The maximum atomic E-state index is 4.70. The molecule has 1 unspecified atom stereocenters. The van der Waals surface area contributed by atoms with Gasteiger partial charge in [0.15, 0.2) is 12.4 Å². The number of hydrogen-bond acceptors (Lipinski definition) is 4. The zero-order chi connectivity index (χ0) is 17.5. The van der Waals surface area contributed by atoms with Crippen molar-refractivity contribution in [2.24, 2.45) is 17.3 Å². The van der Waals surface area contributed by atoms with Crippen LogP contribution in [0.2, 0.25) is 0 Å². The standard InChI is InChI=1S/C20H21N5/c1-24-14-12-17(13-15-24)16-21-22-19-10-6-7-11-20(19)23-25(2)18-8-4-3-5-9-18/h3-16,19H,1-2H3/p+1. The molecule has 5 nitrogen and oxygen atoms in total. The normalized spacial score (nSPS) is 18.0. The lowest BCUT2D eigenvalue weighted by Crippen LogP contribution is -2.33. The van der Waals surface area contributed by atoms with E-state index in [1.807, 2.05) is 109 Å². The minimum Gasteiger partial charge on any atom is -0.297 e. The van der Waals surface area contributed by atoms with E-state index in [9.17, 15) is 0 Å². The van der Waals surface area contributed by atoms with Crippen LogP contribution in [-0.2, 0) is 7.05 Å². The molecule has 5 heteroatoms. The van der Waals surface area contributed by atoms with Gasteiger partial charge in [-0.3, -0.25) is 10.4 Å². The van der Waals surface area contributed by atoms with Crippen LogP contribution in [0.4, 0.5) is 5.69 Å². The predicted molar refractivity (Wildman–Crippen MR) is 103 cm³/mol. The number of anilines is 1. The minimum absolute atomic E-state index is 0.0627. The summed E-state index contributed by atoms with van der Waals surface area (Å²) in [7, 11) is 3.93. The van der Waals surface area contributed by atoms with Gasteiger partial charge in [0, 0.05) is 24.7 Å². The lowest BCUT2D eigenvalue weighted by Gasteiger charge is -2.19. The molecule has 0 radical (unpaired) electrons. The van der Waals surface area contributed by atoms with Crippen molar-refractivity contribution >= 4 is 17.6 Å². The van der Waals surface area contributed by atoms with Crippen molar-refractivity contribution in [3.05, 3.63) is 84.7 Å². The third-order valence-corrected chi connectivity index (χ3v) is 3.83. The molecule has 126 valence electrons. The fourth-order valence-corrected chi connectivity index (χ4v) is 2.40. The maximum Gasteiger partial charge on any atom is 0.169 e. The topological polar surface area (TPSA) is 43.9 Å². The highest BCUT2D eigenvalue weighted by molar-refractivity contribution is 6.02. The summed E-state index contributed by atoms with van der Waals surface area (Å²) in [4.78, 5) is 0. The molecule has 25 heavy (non-hydrogen) atoms. The average molecular weight is 332 g/mol. The quantitative estimate of drug-likeness (QED) is 0.519. The molecule has 0 fully saturated rings. The minimum atomic E-state index is -0.0627. The Balaban J connectivity index is 1.69. The number of rotatable bonds is 5. The highest BCUT2D eigenvalue weighted by atomic mass is 15.4. The van der Waals surface area contributed by atoms with E-state index in [1.165, 1.54) is 0 Å². The number of para-hydroxylation sites is 1. The van der Waals surface area contributed by atoms with Crippen molar-refractivity contribution in [3.63, 3.8) is 0 Å². The van der Waals surface area contributed by atoms with Gasteiger partial charge < -0.3 is 0 Å². The lowest BCUT2D eigenvalue weighted by atomic mass is 10.1. The van der Waals surface area contributed by atoms with E-state index in [0.717, 1.165) is 17.0 Å². The van der Waals surface area contributed by atoms with Crippen molar-refractivity contribution < 1.29 is 4.57 Å². The summed E-state index contributed by atoms with van der Waals surface area (Å²) in [5, 5.41) is 10.9. The summed E-state index contributed by atoms with van der Waals surface area (Å²) in [6.07, 6.45) is 13.8. The van der Waals surface area contributed by atoms with Gasteiger partial charge in [-0.1, -0.05) is 36.4 Å². The Morgan fingerprint density at radius 3 is 2.60 bits per heavy atom. The number of aromatic nitrogens is 1. The number of benzene rings is 1. The highest BCUT2D eigenvalue weighted by Gasteiger charge is 2.13. The SMILES string of the molecule is CN(N=C1C=CC=CC1NN=Cc1cc[n+](C)cc1)c1ccccc1. The molecule has 1 heterocycles. The Kier molecular flexibility index (Phi) is 5.36. The van der Waals surface area contributed by atoms with E-state index >= 15 is 0 Å². The average Bonchev–Trinajstić information content (AvgIpc) is 2.65. The molecule has 0 bridgehead atoms. The molecule has 2 aromatic rings. The Bertz CT molecular complexity index is 804. The van der Waals surface area contributed by atoms with Gasteiger partial charge in [-0.05, 0) is 18.2 Å². The summed E-state index contributed by atoms with van der Waals surface area (Å²) in [5.74, 6) is 0. The number of aryl methyl sites for hydroxylation is 1. The van der Waals surface area contributed by atoms with Crippen LogP contribution in [0.1, 0.15) is 5.56 Å². The zero-order valence-corrected chi connectivity index (χ0v) is 14.4. The van der Waals surface area contributed by atoms with Crippen molar-refractivity contribution in [1.29, 1.82) is 0 Å². The molecule has 1 aromatic carbocycles. The fourth-order valence-electron chi connectivity index (χ4n) is 2.40. The van der Waals surface area contributed by atoms with Crippen LogP contribution in [-0.4, -0.2) is 25.0 Å². The second-order valence-electron chi connectivity index (χ2n) is 5.79. The molecule has 1 aliphatic rings. The molecule has 1 atom stereocenters. The summed E-state index contributed by atoms with van der Waals surface area (Å²) in [6.45, 7) is 0. The zero-order valence-electron chi connectivity index (χ0n) is 14.4. The summed E-state index contributed by atoms with van der Waals surface area (Å²) in [5.41, 5.74) is 6.15. The number of nitrogens with one attached hydrogen (secondary N) is 1. The van der Waals surface area contributed by atoms with E-state index < -0.39 is 0 Å². The molecule has 0 amide bonds. The van der Waals surface area contributed by atoms with Crippen molar-refractivity contribution in [2.75, 3.05) is 12.1 Å². The monoisotopic (exact) mass is 332 g/mol. The first-order valence-electron chi connectivity index (χ1n) is 8.18. The van der Waals surface area contributed by atoms with E-state index in [-0.39, 0.29) is 6.04 Å². The molecule has 1 aliphatic carbocycles. The molecule has 1 N–H and O–H groups in total. The van der Waals surface area contributed by atoms with Gasteiger partial charge in [0.25, 0.3) is 0 Å². The molecular formula is C20H22N5+. The molecule has 0 saturated heterocycles. The predicted octanol–water partition coefficient (Wildman–Crippen LogP) is 2.42. The van der Waals surface area contributed by atoms with Gasteiger partial charge in [-0.2, -0.15) is 10.2 Å². The smallest absolute Gasteiger partial charge is 0.169 e. The highest BCUT2D eigenvalue weighted by Crippen LogP contribution is 2.13. The van der Waals surface area contributed by atoms with Crippen molar-refractivity contribution in [3.8, 4) is 0 Å². The number of allylic oxidation sites excluding steroid dienone is 2. The molecule has 0 aliphatic heterocycles. The number of hydrazone groups is 2. The lowest BCUT2D eigenvalue weighted by molar-refractivity contribution is -0.671. The van der Waals surface area contributed by atoms with Gasteiger partial charge in [0.1, 0.15) is 13.1 Å². The number of hydrogen-bond donors (Lipinski definition) is 1. The van der Waals surface area contributed by atoms with E-state index in [1.54, 1.807) is 0 Å². The van der Waals surface area contributed by atoms with E-state index in [0.29, 0.717) is 0 Å². The molecule has 3 rings (SSSR count). The fraction of sp³-hybridized carbons (Fsp3) is 0.150. The first kappa shape index (κ1) is 16.6. The second kappa shape index (κ2) is 8.06. The van der Waals surface area contributed by atoms with Crippen molar-refractivity contribution in [1.82, 2.24) is 5.43 Å². The molecule has 0 saturated carbocycles. The Morgan fingerprint density at radius 2 is 1.84 bits per heavy atom. The van der Waals surface area contributed by atoms with Crippen LogP contribution in [0.15, 0.2) is 89.4 Å². The van der Waals surface area contributed by atoms with Crippen LogP contribution in [0.3, 0.4) is 0 Å². The molecule has 1 aromatic heterocycles. The maximum absolute atomic E-state index is 4.70. The van der Waals surface area contributed by atoms with Crippen LogP contribution in [0.25, 0.3) is 0 Å². The van der Waals surface area contributed by atoms with Crippen molar-refractivity contribution in [2.45, 2.75) is 6.04 Å². The van der Waals surface area contributed by atoms with Crippen LogP contribution in [0.5, 0.6) is 0 Å². The number of pyridine rings is 1. The van der Waals surface area contributed by atoms with Gasteiger partial charge in [0.05, 0.1) is 17.6 Å². The summed E-state index contributed by atoms with van der Waals surface area (Å²) < 4.78 is 1.99. The van der Waals surface area contributed by atoms with Crippen LogP contribution in [0, 0.1) is 0 Å². The Morgan fingerprint density at radius 1 is 1.08 bits per heavy atom. The summed E-state index contributed by atoms with van der Waals surface area (Å²) in [6, 6.07) is 14.0. The Labute approximate surface area is 148 Å². The van der Waals surface area contributed by atoms with Gasteiger partial charge in [-0.15, -0.1) is 0 Å². The molecule has 0 spiro atoms. The van der Waals surface area contributed by atoms with Gasteiger partial charge in [-0.25, -0.2) is 4.57 Å². The van der Waals surface area contributed by atoms with Crippen LogP contribution < -0.4 is 15.0 Å². The van der Waals surface area contributed by atoms with E-state index in [4.69, 9.17) is 5.10 Å². The molecular weight excluding hydrogens is 310 g/mol. The second-order valence-corrected chi connectivity index (χ2v) is 5.79. The van der Waals surface area contributed by atoms with E-state index in [2.05, 4.69) is 10.5 Å². The first-order valence-corrected chi connectivity index (χ1v) is 8.18.